The van der Waals surface area contributed by atoms with Gasteiger partial charge in [-0.1, -0.05) is 12.1 Å². The molecule has 3 heterocycles. The zero-order valence-corrected chi connectivity index (χ0v) is 17.9. The Morgan fingerprint density at radius 1 is 1.09 bits per heavy atom. The molecule has 0 atom stereocenters. The third kappa shape index (κ3) is 5.83. The molecule has 1 saturated heterocycles. The summed E-state index contributed by atoms with van der Waals surface area (Å²) in [5.74, 6) is 0.161. The number of imidazole rings is 1. The molecule has 4 rings (SSSR count). The molecule has 0 radical (unpaired) electrons. The number of piperidine rings is 1. The molecule has 3 aromatic rings. The zero-order chi connectivity index (χ0) is 23.2. The van der Waals surface area contributed by atoms with E-state index in [1.54, 1.807) is 12.3 Å². The van der Waals surface area contributed by atoms with Crippen LogP contribution in [0.5, 0.6) is 0 Å². The molecule has 0 bridgehead atoms. The fraction of sp³-hybridized carbons (Fsp3) is 0.318. The second-order valence-electron chi connectivity index (χ2n) is 7.85. The number of aromatic nitrogens is 4. The summed E-state index contributed by atoms with van der Waals surface area (Å²) in [5, 5.41) is 13.9. The van der Waals surface area contributed by atoms with Crippen LogP contribution in [0.3, 0.4) is 0 Å². The predicted molar refractivity (Wildman–Crippen MR) is 121 cm³/mol. The lowest BCUT2D eigenvalue weighted by Crippen LogP contribution is -2.44. The van der Waals surface area contributed by atoms with E-state index in [0.717, 1.165) is 44.5 Å². The van der Waals surface area contributed by atoms with Gasteiger partial charge in [-0.15, -0.1) is 0 Å². The summed E-state index contributed by atoms with van der Waals surface area (Å²) in [6.07, 6.45) is 7.45. The highest BCUT2D eigenvalue weighted by Gasteiger charge is 2.20. The molecule has 172 valence electrons. The second-order valence-corrected chi connectivity index (χ2v) is 7.85. The Morgan fingerprint density at radius 2 is 1.85 bits per heavy atom. The summed E-state index contributed by atoms with van der Waals surface area (Å²) < 4.78 is 2.66. The smallest absolute Gasteiger partial charge is 0.404 e. The van der Waals surface area contributed by atoms with Crippen LogP contribution in [0.4, 0.5) is 15.4 Å². The van der Waals surface area contributed by atoms with Crippen molar-refractivity contribution < 1.29 is 14.7 Å². The number of nitrogens with zero attached hydrogens (tertiary/aromatic N) is 5. The van der Waals surface area contributed by atoms with Gasteiger partial charge in [0.15, 0.2) is 0 Å². The molecule has 1 aromatic carbocycles. The summed E-state index contributed by atoms with van der Waals surface area (Å²) in [5.41, 5.74) is 1.34. The highest BCUT2D eigenvalue weighted by atomic mass is 16.4. The van der Waals surface area contributed by atoms with Crippen molar-refractivity contribution in [3.8, 4) is 5.69 Å². The summed E-state index contributed by atoms with van der Waals surface area (Å²) >= 11 is 0. The van der Waals surface area contributed by atoms with Crippen LogP contribution in [0.2, 0.25) is 0 Å². The van der Waals surface area contributed by atoms with Crippen LogP contribution >= 0.6 is 0 Å². The third-order valence-corrected chi connectivity index (χ3v) is 5.62. The van der Waals surface area contributed by atoms with Gasteiger partial charge in [-0.2, -0.15) is 4.98 Å². The van der Waals surface area contributed by atoms with Crippen LogP contribution in [0, 0.1) is 0 Å². The largest absolute Gasteiger partial charge is 0.465 e. The highest BCUT2D eigenvalue weighted by molar-refractivity contribution is 5.89. The predicted octanol–water partition coefficient (Wildman–Crippen LogP) is 1.78. The van der Waals surface area contributed by atoms with E-state index in [-0.39, 0.29) is 11.9 Å². The molecule has 3 N–H and O–H groups in total. The van der Waals surface area contributed by atoms with Crippen LogP contribution in [-0.2, 0) is 6.42 Å². The maximum atomic E-state index is 12.5. The third-order valence-electron chi connectivity index (χ3n) is 5.62. The van der Waals surface area contributed by atoms with E-state index in [1.807, 2.05) is 24.3 Å². The van der Waals surface area contributed by atoms with Crippen molar-refractivity contribution in [3.63, 3.8) is 0 Å². The minimum absolute atomic E-state index is 0.0376. The van der Waals surface area contributed by atoms with Gasteiger partial charge in [0, 0.05) is 44.3 Å². The van der Waals surface area contributed by atoms with Gasteiger partial charge in [-0.25, -0.2) is 19.4 Å². The first-order chi connectivity index (χ1) is 16.0. The van der Waals surface area contributed by atoms with Crippen LogP contribution < -0.4 is 16.3 Å². The Balaban J connectivity index is 1.31. The SMILES string of the molecule is O=C(O)NC1CCN(CCc2ccc(-n3ccc(NC(=O)n4ccnc4)nc3=O)cc2)CC1. The Bertz CT molecular complexity index is 1150. The number of anilines is 1. The lowest BCUT2D eigenvalue weighted by molar-refractivity contribution is 0.169. The van der Waals surface area contributed by atoms with E-state index < -0.39 is 17.8 Å². The number of nitrogens with one attached hydrogen (secondary N) is 2. The fourth-order valence-corrected chi connectivity index (χ4v) is 3.81. The number of rotatable bonds is 6. The van der Waals surface area contributed by atoms with E-state index in [2.05, 4.69) is 25.5 Å². The normalized spacial score (nSPS) is 14.7. The summed E-state index contributed by atoms with van der Waals surface area (Å²) in [6, 6.07) is 8.84. The average Bonchev–Trinajstić information content (AvgIpc) is 3.34. The minimum atomic E-state index is -0.961. The number of hydrogen-bond acceptors (Lipinski definition) is 6. The lowest BCUT2D eigenvalue weighted by Gasteiger charge is -2.31. The molecule has 2 aromatic heterocycles. The van der Waals surface area contributed by atoms with Gasteiger partial charge in [-0.3, -0.25) is 14.5 Å². The Labute approximate surface area is 189 Å². The van der Waals surface area contributed by atoms with E-state index in [1.165, 1.54) is 27.9 Å². The number of carboxylic acid groups (broad SMARTS) is 1. The number of carbonyl (C=O) groups excluding carboxylic acids is 1. The molecule has 0 aliphatic carbocycles. The lowest BCUT2D eigenvalue weighted by atomic mass is 10.0. The van der Waals surface area contributed by atoms with Gasteiger partial charge in [0.05, 0.1) is 5.69 Å². The summed E-state index contributed by atoms with van der Waals surface area (Å²) in [7, 11) is 0. The highest BCUT2D eigenvalue weighted by Crippen LogP contribution is 2.13. The van der Waals surface area contributed by atoms with E-state index in [9.17, 15) is 14.4 Å². The van der Waals surface area contributed by atoms with Gasteiger partial charge in [0.2, 0.25) is 0 Å². The Kier molecular flexibility index (Phi) is 6.79. The molecule has 1 aliphatic rings. The number of amides is 2. The van der Waals surface area contributed by atoms with Crippen LogP contribution in [0.15, 0.2) is 60.0 Å². The number of carbonyl (C=O) groups is 2. The Morgan fingerprint density at radius 3 is 2.48 bits per heavy atom. The first-order valence-electron chi connectivity index (χ1n) is 10.7. The van der Waals surface area contributed by atoms with Crippen molar-refractivity contribution in [3.05, 3.63) is 71.3 Å². The molecule has 1 fully saturated rings. The van der Waals surface area contributed by atoms with Crippen molar-refractivity contribution in [1.82, 2.24) is 29.3 Å². The molecular formula is C22H25N7O4. The molecule has 0 spiro atoms. The van der Waals surface area contributed by atoms with Crippen molar-refractivity contribution in [1.29, 1.82) is 0 Å². The van der Waals surface area contributed by atoms with Gasteiger partial charge < -0.3 is 15.3 Å². The van der Waals surface area contributed by atoms with Crippen LogP contribution in [0.25, 0.3) is 5.69 Å². The molecule has 11 nitrogen and oxygen atoms in total. The standard InChI is InChI=1S/C22H25N7O4/c30-20(28-14-9-23-15-28)25-19-8-13-29(21(31)26-19)18-3-1-16(2-4-18)5-10-27-11-6-17(7-12-27)24-22(32)33/h1-4,8-9,13-15,17,24H,5-7,10-12H2,(H,32,33)(H,25,26,30,31). The second kappa shape index (κ2) is 10.1. The van der Waals surface area contributed by atoms with Crippen molar-refractivity contribution in [2.45, 2.75) is 25.3 Å². The average molecular weight is 451 g/mol. The van der Waals surface area contributed by atoms with Crippen molar-refractivity contribution >= 4 is 17.9 Å². The fourth-order valence-electron chi connectivity index (χ4n) is 3.81. The van der Waals surface area contributed by atoms with Crippen molar-refractivity contribution in [2.24, 2.45) is 0 Å². The molecule has 0 saturated carbocycles. The van der Waals surface area contributed by atoms with E-state index in [4.69, 9.17) is 5.11 Å². The number of likely N-dealkylation sites (tertiary alicyclic amines) is 1. The van der Waals surface area contributed by atoms with Gasteiger partial charge in [-0.05, 0) is 43.0 Å². The monoisotopic (exact) mass is 451 g/mol. The summed E-state index contributed by atoms with van der Waals surface area (Å²) in [6.45, 7) is 2.63. The van der Waals surface area contributed by atoms with Crippen molar-refractivity contribution in [2.75, 3.05) is 25.0 Å². The van der Waals surface area contributed by atoms with Gasteiger partial charge in [0.1, 0.15) is 12.1 Å². The van der Waals surface area contributed by atoms with Gasteiger partial charge in [0.25, 0.3) is 0 Å². The summed E-state index contributed by atoms with van der Waals surface area (Å²) in [4.78, 5) is 45.3. The molecule has 33 heavy (non-hydrogen) atoms. The van der Waals surface area contributed by atoms with E-state index >= 15 is 0 Å². The minimum Gasteiger partial charge on any atom is -0.465 e. The van der Waals surface area contributed by atoms with Crippen LogP contribution in [0.1, 0.15) is 18.4 Å². The molecule has 0 unspecified atom stereocenters. The zero-order valence-electron chi connectivity index (χ0n) is 17.9. The molecule has 1 aliphatic heterocycles. The maximum Gasteiger partial charge on any atom is 0.404 e. The first-order valence-corrected chi connectivity index (χ1v) is 10.7. The quantitative estimate of drug-likeness (QED) is 0.520. The first kappa shape index (κ1) is 22.2. The molecule has 2 amide bonds. The maximum absolute atomic E-state index is 12.5. The Hall–Kier alpha value is -3.99. The molecular weight excluding hydrogens is 426 g/mol. The van der Waals surface area contributed by atoms with Crippen LogP contribution in [-0.4, -0.2) is 66.9 Å². The number of benzene rings is 1. The topological polar surface area (TPSA) is 134 Å². The number of hydrogen-bond donors (Lipinski definition) is 3. The van der Waals surface area contributed by atoms with E-state index in [0.29, 0.717) is 5.69 Å². The van der Waals surface area contributed by atoms with Gasteiger partial charge >= 0.3 is 17.8 Å². The molecule has 11 heteroatoms.